The molecule has 2 fully saturated rings. The summed E-state index contributed by atoms with van der Waals surface area (Å²) in [7, 11) is 0. The lowest BCUT2D eigenvalue weighted by atomic mass is 9.81. The molecule has 0 unspecified atom stereocenters. The van der Waals surface area contributed by atoms with Crippen molar-refractivity contribution in [1.82, 2.24) is 19.9 Å². The molecule has 2 aromatic rings. The van der Waals surface area contributed by atoms with Gasteiger partial charge in [0.05, 0.1) is 36.2 Å². The number of hydrogen-bond acceptors (Lipinski definition) is 5. The lowest BCUT2D eigenvalue weighted by Crippen LogP contribution is -2.38. The minimum Gasteiger partial charge on any atom is -0.388 e. The molecule has 3 heterocycles. The summed E-state index contributed by atoms with van der Waals surface area (Å²) in [5.74, 6) is -4.97. The third-order valence-corrected chi connectivity index (χ3v) is 6.23. The first-order valence-electron chi connectivity index (χ1n) is 9.98. The molecule has 4 rings (SSSR count). The topological polar surface area (TPSA) is 106 Å². The Kier molecular flexibility index (Phi) is 5.41. The molecule has 12 heteroatoms. The van der Waals surface area contributed by atoms with Crippen LogP contribution >= 0.6 is 0 Å². The first-order chi connectivity index (χ1) is 14.4. The van der Waals surface area contributed by atoms with Gasteiger partial charge in [-0.2, -0.15) is 18.3 Å². The number of halogens is 5. The number of aliphatic hydroxyl groups excluding tert-OH is 1. The Morgan fingerprint density at radius 2 is 1.97 bits per heavy atom. The predicted octanol–water partition coefficient (Wildman–Crippen LogP) is 2.66. The van der Waals surface area contributed by atoms with E-state index in [1.165, 1.54) is 16.8 Å². The summed E-state index contributed by atoms with van der Waals surface area (Å²) in [5.41, 5.74) is 7.12. The summed E-state index contributed by atoms with van der Waals surface area (Å²) >= 11 is 0. The number of hydrogen-bond donors (Lipinski definition) is 3. The van der Waals surface area contributed by atoms with Crippen LogP contribution in [0.25, 0.3) is 5.65 Å². The highest BCUT2D eigenvalue weighted by Gasteiger charge is 2.50. The monoisotopic (exact) mass is 447 g/mol. The molecule has 2 aromatic heterocycles. The van der Waals surface area contributed by atoms with Gasteiger partial charge in [-0.3, -0.25) is 4.79 Å². The van der Waals surface area contributed by atoms with E-state index in [1.807, 2.05) is 5.32 Å². The van der Waals surface area contributed by atoms with Crippen molar-refractivity contribution >= 4 is 11.6 Å². The highest BCUT2D eigenvalue weighted by molar-refractivity contribution is 5.82. The molecule has 170 valence electrons. The van der Waals surface area contributed by atoms with Gasteiger partial charge in [-0.05, 0) is 31.2 Å². The Balaban J connectivity index is 1.51. The van der Waals surface area contributed by atoms with Crippen LogP contribution in [0.15, 0.2) is 18.5 Å². The van der Waals surface area contributed by atoms with Gasteiger partial charge in [0, 0.05) is 18.4 Å². The summed E-state index contributed by atoms with van der Waals surface area (Å²) in [6, 6.07) is -1.15. The number of nitrogens with one attached hydrogen (secondary N) is 1. The van der Waals surface area contributed by atoms with E-state index in [0.29, 0.717) is 5.69 Å². The molecule has 1 amide bonds. The van der Waals surface area contributed by atoms with Crippen molar-refractivity contribution < 1.29 is 31.9 Å². The third-order valence-electron chi connectivity index (χ3n) is 6.23. The van der Waals surface area contributed by atoms with Crippen LogP contribution in [0, 0.1) is 11.8 Å². The zero-order valence-corrected chi connectivity index (χ0v) is 16.3. The van der Waals surface area contributed by atoms with E-state index in [4.69, 9.17) is 5.73 Å². The molecule has 1 aliphatic carbocycles. The average Bonchev–Trinajstić information content (AvgIpc) is 3.29. The van der Waals surface area contributed by atoms with Gasteiger partial charge in [-0.1, -0.05) is 0 Å². The maximum atomic E-state index is 13.4. The second-order valence-electron chi connectivity index (χ2n) is 8.37. The molecule has 1 saturated heterocycles. The highest BCUT2D eigenvalue weighted by atomic mass is 19.4. The zero-order chi connectivity index (χ0) is 22.6. The van der Waals surface area contributed by atoms with Crippen molar-refractivity contribution in [3.8, 4) is 0 Å². The zero-order valence-electron chi connectivity index (χ0n) is 16.3. The molecule has 0 radical (unpaired) electrons. The van der Waals surface area contributed by atoms with E-state index < -0.39 is 48.5 Å². The highest BCUT2D eigenvalue weighted by Crippen LogP contribution is 2.40. The number of carbonyl (C=O) groups is 1. The minimum atomic E-state index is -4.59. The quantitative estimate of drug-likeness (QED) is 0.625. The fourth-order valence-electron chi connectivity index (χ4n) is 4.31. The van der Waals surface area contributed by atoms with Gasteiger partial charge in [0.2, 0.25) is 11.8 Å². The number of nitrogens with zero attached hydrogens (tertiary/aromatic N) is 3. The first-order valence-corrected chi connectivity index (χ1v) is 9.98. The molecule has 0 aromatic carbocycles. The first kappa shape index (κ1) is 21.9. The molecule has 4 atom stereocenters. The number of nitrogens with two attached hydrogens (primary N) is 1. The van der Waals surface area contributed by atoms with Gasteiger partial charge in [0.25, 0.3) is 0 Å². The molecule has 0 spiro atoms. The van der Waals surface area contributed by atoms with Crippen molar-refractivity contribution in [3.63, 3.8) is 0 Å². The summed E-state index contributed by atoms with van der Waals surface area (Å²) in [4.78, 5) is 16.3. The number of fused-ring (bicyclic) bond motifs is 1. The van der Waals surface area contributed by atoms with Crippen LogP contribution in [-0.2, 0) is 4.79 Å². The maximum absolute atomic E-state index is 13.4. The number of aliphatic hydroxyl groups is 1. The largest absolute Gasteiger partial charge is 0.408 e. The smallest absolute Gasteiger partial charge is 0.388 e. The van der Waals surface area contributed by atoms with E-state index in [1.54, 1.807) is 6.20 Å². The number of imidazole rings is 1. The van der Waals surface area contributed by atoms with Crippen molar-refractivity contribution in [2.24, 2.45) is 17.6 Å². The number of rotatable bonds is 4. The summed E-state index contributed by atoms with van der Waals surface area (Å²) in [6.07, 6.45) is -3.75. The van der Waals surface area contributed by atoms with Crippen molar-refractivity contribution in [2.45, 2.75) is 62.4 Å². The van der Waals surface area contributed by atoms with Crippen LogP contribution in [0.4, 0.5) is 22.0 Å². The van der Waals surface area contributed by atoms with E-state index in [2.05, 4.69) is 10.1 Å². The van der Waals surface area contributed by atoms with E-state index in [-0.39, 0.29) is 42.8 Å². The van der Waals surface area contributed by atoms with Gasteiger partial charge in [-0.15, -0.1) is 0 Å². The van der Waals surface area contributed by atoms with Crippen molar-refractivity contribution in [2.75, 3.05) is 0 Å². The molecule has 4 N–H and O–H groups in total. The Bertz CT molecular complexity index is 968. The number of amides is 1. The summed E-state index contributed by atoms with van der Waals surface area (Å²) in [5, 5.41) is 16.5. The lowest BCUT2D eigenvalue weighted by Gasteiger charge is -2.31. The van der Waals surface area contributed by atoms with E-state index in [0.717, 1.165) is 0 Å². The molecule has 2 aliphatic rings. The normalized spacial score (nSPS) is 26.7. The van der Waals surface area contributed by atoms with E-state index in [9.17, 15) is 31.9 Å². The van der Waals surface area contributed by atoms with Crippen LogP contribution in [-0.4, -0.2) is 43.8 Å². The SMILES string of the molecule is N[C@H](c1cn2ncc([C@H](O)[C@@H]3C[C@H](C(F)(F)F)NC3=O)cc2n1)C1CCC(F)(F)CC1. The Morgan fingerprint density at radius 1 is 1.29 bits per heavy atom. The molecular formula is C19H22F5N5O2. The second kappa shape index (κ2) is 7.66. The molecule has 1 saturated carbocycles. The fraction of sp³-hybridized carbons (Fsp3) is 0.632. The van der Waals surface area contributed by atoms with Gasteiger partial charge in [-0.25, -0.2) is 18.3 Å². The number of aromatic nitrogens is 3. The third kappa shape index (κ3) is 4.36. The van der Waals surface area contributed by atoms with Gasteiger partial charge < -0.3 is 16.2 Å². The molecular weight excluding hydrogens is 425 g/mol. The average molecular weight is 447 g/mol. The van der Waals surface area contributed by atoms with Gasteiger partial charge in [0.15, 0.2) is 5.65 Å². The Hall–Kier alpha value is -2.34. The van der Waals surface area contributed by atoms with Crippen LogP contribution in [0.3, 0.4) is 0 Å². The standard InChI is InChI=1S/C19H22F5N5O2/c20-18(21)3-1-9(2-4-18)15(25)12-8-29-14(27-12)5-10(7-26-29)16(30)11-6-13(19(22,23)24)28-17(11)31/h5,7-9,11,13,15-16,30H,1-4,6,25H2,(H,28,31)/t11-,13+,15-,16-/m0/s1. The van der Waals surface area contributed by atoms with Crippen LogP contribution < -0.4 is 11.1 Å². The Labute approximate surface area is 173 Å². The van der Waals surface area contributed by atoms with Gasteiger partial charge >= 0.3 is 6.18 Å². The molecule has 0 bridgehead atoms. The van der Waals surface area contributed by atoms with Gasteiger partial charge in [0.1, 0.15) is 6.04 Å². The fourth-order valence-corrected chi connectivity index (χ4v) is 4.31. The summed E-state index contributed by atoms with van der Waals surface area (Å²) < 4.78 is 66.8. The van der Waals surface area contributed by atoms with Crippen LogP contribution in [0.5, 0.6) is 0 Å². The second-order valence-corrected chi connectivity index (χ2v) is 8.37. The predicted molar refractivity (Wildman–Crippen MR) is 97.9 cm³/mol. The molecule has 1 aliphatic heterocycles. The van der Waals surface area contributed by atoms with Crippen molar-refractivity contribution in [1.29, 1.82) is 0 Å². The number of carbonyl (C=O) groups excluding carboxylic acids is 1. The van der Waals surface area contributed by atoms with Crippen LogP contribution in [0.1, 0.15) is 55.5 Å². The molecule has 7 nitrogen and oxygen atoms in total. The summed E-state index contributed by atoms with van der Waals surface area (Å²) in [6.45, 7) is 0. The van der Waals surface area contributed by atoms with Crippen LogP contribution in [0.2, 0.25) is 0 Å². The van der Waals surface area contributed by atoms with Crippen molar-refractivity contribution in [3.05, 3.63) is 29.7 Å². The number of alkyl halides is 5. The minimum absolute atomic E-state index is 0.151. The lowest BCUT2D eigenvalue weighted by molar-refractivity contribution is -0.155. The Morgan fingerprint density at radius 3 is 2.58 bits per heavy atom. The molecule has 31 heavy (non-hydrogen) atoms. The maximum Gasteiger partial charge on any atom is 0.408 e. The van der Waals surface area contributed by atoms with E-state index >= 15 is 0 Å².